The average Bonchev–Trinajstić information content (AvgIpc) is 2.22. The fourth-order valence-electron chi connectivity index (χ4n) is 1.15. The Balaban J connectivity index is 3.14. The minimum Gasteiger partial charge on any atom is -0.503 e. The molecule has 1 heterocycles. The molecule has 0 aliphatic carbocycles. The Kier molecular flexibility index (Phi) is 4.00. The molecule has 0 bridgehead atoms. The van der Waals surface area contributed by atoms with E-state index < -0.39 is 23.8 Å². The van der Waals surface area contributed by atoms with Gasteiger partial charge in [0.15, 0.2) is 17.2 Å². The molecule has 0 amide bonds. The Labute approximate surface area is 100 Å². The zero-order chi connectivity index (χ0) is 13.9. The largest absolute Gasteiger partial charge is 0.573 e. The van der Waals surface area contributed by atoms with Crippen LogP contribution in [-0.2, 0) is 4.74 Å². The summed E-state index contributed by atoms with van der Waals surface area (Å²) in [6, 6.07) is 0.674. The maximum absolute atomic E-state index is 12.1. The molecule has 0 spiro atoms. The van der Waals surface area contributed by atoms with Crippen LogP contribution in [-0.4, -0.2) is 29.0 Å². The first kappa shape index (κ1) is 14.1. The summed E-state index contributed by atoms with van der Waals surface area (Å²) < 4.78 is 44.4. The third-order valence-corrected chi connectivity index (χ3v) is 1.84. The predicted molar refractivity (Wildman–Crippen MR) is 53.3 cm³/mol. The van der Waals surface area contributed by atoms with E-state index in [9.17, 15) is 23.1 Å². The predicted octanol–water partition coefficient (Wildman–Crippen LogP) is 2.17. The molecule has 5 nitrogen and oxygen atoms in total. The van der Waals surface area contributed by atoms with Crippen molar-refractivity contribution in [2.45, 2.75) is 20.2 Å². The second kappa shape index (κ2) is 5.11. The number of hydrogen-bond donors (Lipinski definition) is 1. The van der Waals surface area contributed by atoms with E-state index in [1.807, 2.05) is 0 Å². The summed E-state index contributed by atoms with van der Waals surface area (Å²) in [6.45, 7) is 2.83. The van der Waals surface area contributed by atoms with Gasteiger partial charge in [-0.05, 0) is 13.8 Å². The number of ether oxygens (including phenoxy) is 2. The number of carbonyl (C=O) groups is 1. The highest BCUT2D eigenvalue weighted by Crippen LogP contribution is 2.33. The first-order valence-corrected chi connectivity index (χ1v) is 4.88. The van der Waals surface area contributed by atoms with E-state index in [0.717, 1.165) is 0 Å². The molecule has 1 rings (SSSR count). The second-order valence-electron chi connectivity index (χ2n) is 3.21. The van der Waals surface area contributed by atoms with Crippen molar-refractivity contribution in [2.24, 2.45) is 0 Å². The van der Waals surface area contributed by atoms with E-state index >= 15 is 0 Å². The highest BCUT2D eigenvalue weighted by molar-refractivity contribution is 5.88. The fourth-order valence-corrected chi connectivity index (χ4v) is 1.15. The number of nitrogens with zero attached hydrogens (tertiary/aromatic N) is 1. The zero-order valence-corrected chi connectivity index (χ0v) is 9.54. The summed E-state index contributed by atoms with van der Waals surface area (Å²) in [5.74, 6) is -2.56. The van der Waals surface area contributed by atoms with Gasteiger partial charge in [0.05, 0.1) is 12.3 Å². The lowest BCUT2D eigenvalue weighted by molar-refractivity contribution is -0.275. The lowest BCUT2D eigenvalue weighted by Crippen LogP contribution is -2.18. The molecular weight excluding hydrogens is 255 g/mol. The maximum Gasteiger partial charge on any atom is 0.573 e. The molecule has 0 fully saturated rings. The van der Waals surface area contributed by atoms with Crippen LogP contribution in [0.2, 0.25) is 0 Å². The maximum atomic E-state index is 12.1. The standard InChI is InChI=1S/C10H10F3NO4/c1-3-17-9(16)6-4-7(18-10(11,12)13)8(15)5(2)14-6/h4,15H,3H2,1-2H3. The minimum absolute atomic E-state index is 0.0515. The van der Waals surface area contributed by atoms with Gasteiger partial charge in [0.2, 0.25) is 0 Å². The molecular formula is C10H10F3NO4. The van der Waals surface area contributed by atoms with Crippen molar-refractivity contribution in [3.8, 4) is 11.5 Å². The van der Waals surface area contributed by atoms with Crippen LogP contribution in [0.5, 0.6) is 11.5 Å². The number of pyridine rings is 1. The molecule has 1 aromatic heterocycles. The number of aromatic nitrogens is 1. The van der Waals surface area contributed by atoms with Gasteiger partial charge in [0, 0.05) is 6.07 Å². The normalized spacial score (nSPS) is 11.2. The van der Waals surface area contributed by atoms with E-state index in [2.05, 4.69) is 14.5 Å². The molecule has 0 unspecified atom stereocenters. The van der Waals surface area contributed by atoms with Gasteiger partial charge in [-0.15, -0.1) is 13.2 Å². The summed E-state index contributed by atoms with van der Waals surface area (Å²) in [6.07, 6.45) is -4.97. The average molecular weight is 265 g/mol. The Hall–Kier alpha value is -1.99. The SMILES string of the molecule is CCOC(=O)c1cc(OC(F)(F)F)c(O)c(C)n1. The zero-order valence-electron chi connectivity index (χ0n) is 9.54. The van der Waals surface area contributed by atoms with Crippen molar-refractivity contribution in [3.05, 3.63) is 17.5 Å². The van der Waals surface area contributed by atoms with Crippen LogP contribution in [0.3, 0.4) is 0 Å². The molecule has 18 heavy (non-hydrogen) atoms. The van der Waals surface area contributed by atoms with Crippen molar-refractivity contribution in [1.82, 2.24) is 4.98 Å². The van der Waals surface area contributed by atoms with Crippen LogP contribution < -0.4 is 4.74 Å². The van der Waals surface area contributed by atoms with Gasteiger partial charge in [0.1, 0.15) is 0 Å². The van der Waals surface area contributed by atoms with Gasteiger partial charge >= 0.3 is 12.3 Å². The van der Waals surface area contributed by atoms with E-state index in [1.54, 1.807) is 0 Å². The van der Waals surface area contributed by atoms with Crippen molar-refractivity contribution < 1.29 is 32.5 Å². The smallest absolute Gasteiger partial charge is 0.503 e. The Morgan fingerprint density at radius 1 is 1.50 bits per heavy atom. The molecule has 0 aliphatic rings. The highest BCUT2D eigenvalue weighted by atomic mass is 19.4. The molecule has 1 aromatic rings. The Morgan fingerprint density at radius 3 is 2.61 bits per heavy atom. The van der Waals surface area contributed by atoms with Gasteiger partial charge in [-0.1, -0.05) is 0 Å². The van der Waals surface area contributed by atoms with Crippen LogP contribution in [0.25, 0.3) is 0 Å². The number of hydrogen-bond acceptors (Lipinski definition) is 5. The number of carbonyl (C=O) groups excluding carboxylic acids is 1. The van der Waals surface area contributed by atoms with Crippen molar-refractivity contribution in [1.29, 1.82) is 0 Å². The molecule has 100 valence electrons. The molecule has 0 saturated heterocycles. The third kappa shape index (κ3) is 3.51. The van der Waals surface area contributed by atoms with Crippen molar-refractivity contribution in [2.75, 3.05) is 6.61 Å². The number of halogens is 3. The van der Waals surface area contributed by atoms with Gasteiger partial charge in [-0.25, -0.2) is 9.78 Å². The number of esters is 1. The first-order valence-electron chi connectivity index (χ1n) is 4.88. The Morgan fingerprint density at radius 2 is 2.11 bits per heavy atom. The molecule has 0 aliphatic heterocycles. The monoisotopic (exact) mass is 265 g/mol. The van der Waals surface area contributed by atoms with Crippen LogP contribution in [0, 0.1) is 6.92 Å². The molecule has 1 N–H and O–H groups in total. The summed E-state index contributed by atoms with van der Waals surface area (Å²) in [5, 5.41) is 9.36. The molecule has 0 atom stereocenters. The van der Waals surface area contributed by atoms with Gasteiger partial charge in [0.25, 0.3) is 0 Å². The quantitative estimate of drug-likeness (QED) is 0.848. The highest BCUT2D eigenvalue weighted by Gasteiger charge is 2.33. The van der Waals surface area contributed by atoms with Crippen LogP contribution in [0.4, 0.5) is 13.2 Å². The first-order chi connectivity index (χ1) is 8.24. The summed E-state index contributed by atoms with van der Waals surface area (Å²) in [4.78, 5) is 14.9. The number of rotatable bonds is 3. The second-order valence-corrected chi connectivity index (χ2v) is 3.21. The molecule has 0 saturated carbocycles. The minimum atomic E-state index is -4.97. The summed E-state index contributed by atoms with van der Waals surface area (Å²) in [5.41, 5.74) is -0.536. The lowest BCUT2D eigenvalue weighted by Gasteiger charge is -2.12. The van der Waals surface area contributed by atoms with E-state index in [-0.39, 0.29) is 18.0 Å². The van der Waals surface area contributed by atoms with E-state index in [0.29, 0.717) is 6.07 Å². The Bertz CT molecular complexity index is 459. The van der Waals surface area contributed by atoms with Crippen molar-refractivity contribution >= 4 is 5.97 Å². The number of aryl methyl sites for hydroxylation is 1. The van der Waals surface area contributed by atoms with Crippen molar-refractivity contribution in [3.63, 3.8) is 0 Å². The third-order valence-electron chi connectivity index (χ3n) is 1.84. The van der Waals surface area contributed by atoms with Gasteiger partial charge < -0.3 is 14.6 Å². The van der Waals surface area contributed by atoms with E-state index in [1.165, 1.54) is 13.8 Å². The summed E-state index contributed by atoms with van der Waals surface area (Å²) in [7, 11) is 0. The van der Waals surface area contributed by atoms with E-state index in [4.69, 9.17) is 0 Å². The fraction of sp³-hybridized carbons (Fsp3) is 0.400. The van der Waals surface area contributed by atoms with Crippen LogP contribution in [0.1, 0.15) is 23.1 Å². The topological polar surface area (TPSA) is 68.7 Å². The summed E-state index contributed by atoms with van der Waals surface area (Å²) >= 11 is 0. The number of alkyl halides is 3. The van der Waals surface area contributed by atoms with Crippen LogP contribution >= 0.6 is 0 Å². The molecule has 8 heteroatoms. The van der Waals surface area contributed by atoms with Gasteiger partial charge in [-0.2, -0.15) is 0 Å². The number of aromatic hydroxyl groups is 1. The van der Waals surface area contributed by atoms with Gasteiger partial charge in [-0.3, -0.25) is 0 Å². The molecule has 0 aromatic carbocycles. The lowest BCUT2D eigenvalue weighted by atomic mass is 10.2. The van der Waals surface area contributed by atoms with Crippen LogP contribution in [0.15, 0.2) is 6.07 Å². The molecule has 0 radical (unpaired) electrons.